The van der Waals surface area contributed by atoms with Crippen LogP contribution in [-0.4, -0.2) is 41.3 Å². The highest BCUT2D eigenvalue weighted by molar-refractivity contribution is 5.90. The van der Waals surface area contributed by atoms with Crippen molar-refractivity contribution in [2.45, 2.75) is 19.4 Å². The smallest absolute Gasteiger partial charge is 0.354 e. The zero-order chi connectivity index (χ0) is 14.5. The van der Waals surface area contributed by atoms with Gasteiger partial charge in [-0.15, -0.1) is 0 Å². The minimum atomic E-state index is -1.11. The fraction of sp³-hybridized carbons (Fsp3) is 0.417. The molecule has 0 radical (unpaired) electrons. The van der Waals surface area contributed by atoms with Crippen LogP contribution >= 0.6 is 0 Å². The Bertz CT molecular complexity index is 457. The third kappa shape index (κ3) is 4.92. The lowest BCUT2D eigenvalue weighted by Crippen LogP contribution is -2.48. The summed E-state index contributed by atoms with van der Waals surface area (Å²) in [7, 11) is 1.55. The van der Waals surface area contributed by atoms with E-state index in [0.717, 1.165) is 0 Å². The Hall–Kier alpha value is -2.15. The lowest BCUT2D eigenvalue weighted by atomic mass is 10.1. The van der Waals surface area contributed by atoms with Gasteiger partial charge in [0.25, 0.3) is 0 Å². The minimum Gasteiger partial charge on any atom is -0.477 e. The van der Waals surface area contributed by atoms with Crippen LogP contribution in [0.3, 0.4) is 0 Å². The van der Waals surface area contributed by atoms with Gasteiger partial charge in [0.1, 0.15) is 5.69 Å². The van der Waals surface area contributed by atoms with Gasteiger partial charge in [0.05, 0.1) is 24.0 Å². The fourth-order valence-electron chi connectivity index (χ4n) is 1.46. The Morgan fingerprint density at radius 3 is 2.58 bits per heavy atom. The number of carbonyl (C=O) groups excluding carboxylic acids is 1. The van der Waals surface area contributed by atoms with E-state index < -0.39 is 17.5 Å². The molecule has 0 aromatic carbocycles. The molecule has 0 unspecified atom stereocenters. The number of aromatic carboxylic acids is 1. The van der Waals surface area contributed by atoms with Crippen molar-refractivity contribution in [3.63, 3.8) is 0 Å². The second-order valence-electron chi connectivity index (χ2n) is 4.63. The minimum absolute atomic E-state index is 0.0781. The molecule has 19 heavy (non-hydrogen) atoms. The number of amides is 2. The van der Waals surface area contributed by atoms with Gasteiger partial charge >= 0.3 is 12.0 Å². The number of aromatic nitrogens is 1. The van der Waals surface area contributed by atoms with Crippen molar-refractivity contribution in [3.8, 4) is 0 Å². The van der Waals surface area contributed by atoms with Gasteiger partial charge in [-0.3, -0.25) is 0 Å². The van der Waals surface area contributed by atoms with Gasteiger partial charge in [0.15, 0.2) is 0 Å². The van der Waals surface area contributed by atoms with Gasteiger partial charge in [-0.1, -0.05) is 0 Å². The number of hydrogen-bond acceptors (Lipinski definition) is 4. The summed E-state index contributed by atoms with van der Waals surface area (Å²) in [5, 5.41) is 14.0. The molecule has 0 aliphatic carbocycles. The maximum absolute atomic E-state index is 11.7. The number of anilines is 1. The molecule has 0 spiro atoms. The van der Waals surface area contributed by atoms with Crippen LogP contribution in [0.1, 0.15) is 24.3 Å². The Labute approximate surface area is 111 Å². The number of pyridine rings is 1. The van der Waals surface area contributed by atoms with E-state index in [1.165, 1.54) is 18.3 Å². The molecule has 0 saturated heterocycles. The number of urea groups is 1. The van der Waals surface area contributed by atoms with Crippen LogP contribution in [-0.2, 0) is 4.74 Å². The molecule has 2 amide bonds. The molecule has 0 aliphatic rings. The summed E-state index contributed by atoms with van der Waals surface area (Å²) < 4.78 is 4.98. The molecule has 1 aromatic heterocycles. The maximum Gasteiger partial charge on any atom is 0.354 e. The molecule has 1 aromatic rings. The Balaban J connectivity index is 2.59. The molecule has 7 heteroatoms. The van der Waals surface area contributed by atoms with Crippen molar-refractivity contribution >= 4 is 17.7 Å². The summed E-state index contributed by atoms with van der Waals surface area (Å²) in [6, 6.07) is 2.38. The summed E-state index contributed by atoms with van der Waals surface area (Å²) in [6.45, 7) is 4.01. The second-order valence-corrected chi connectivity index (χ2v) is 4.63. The molecule has 3 N–H and O–H groups in total. The second kappa shape index (κ2) is 6.14. The van der Waals surface area contributed by atoms with E-state index in [1.807, 2.05) is 13.8 Å². The first kappa shape index (κ1) is 14.9. The van der Waals surface area contributed by atoms with Crippen molar-refractivity contribution in [2.24, 2.45) is 0 Å². The normalized spacial score (nSPS) is 10.9. The predicted molar refractivity (Wildman–Crippen MR) is 69.3 cm³/mol. The van der Waals surface area contributed by atoms with Crippen LogP contribution in [0, 0.1) is 0 Å². The summed E-state index contributed by atoms with van der Waals surface area (Å²) >= 11 is 0. The number of carbonyl (C=O) groups is 2. The number of methoxy groups -OCH3 is 1. The quantitative estimate of drug-likeness (QED) is 0.747. The average Bonchev–Trinajstić information content (AvgIpc) is 2.28. The number of nitrogens with one attached hydrogen (secondary N) is 2. The molecule has 104 valence electrons. The van der Waals surface area contributed by atoms with E-state index in [1.54, 1.807) is 7.11 Å². The van der Waals surface area contributed by atoms with Crippen molar-refractivity contribution < 1.29 is 19.4 Å². The Morgan fingerprint density at radius 1 is 1.42 bits per heavy atom. The number of hydrogen-bond donors (Lipinski definition) is 3. The summed E-state index contributed by atoms with van der Waals surface area (Å²) in [5.74, 6) is -1.11. The van der Waals surface area contributed by atoms with Crippen LogP contribution in [0.4, 0.5) is 10.5 Å². The lowest BCUT2D eigenvalue weighted by Gasteiger charge is -2.25. The summed E-state index contributed by atoms with van der Waals surface area (Å²) in [5.41, 5.74) is -0.172. The van der Waals surface area contributed by atoms with Crippen molar-refractivity contribution in [3.05, 3.63) is 24.0 Å². The van der Waals surface area contributed by atoms with Crippen molar-refractivity contribution in [1.82, 2.24) is 10.3 Å². The Kier molecular flexibility index (Phi) is 4.82. The molecule has 0 bridgehead atoms. The number of carboxylic acid groups (broad SMARTS) is 1. The molecule has 0 atom stereocenters. The summed E-state index contributed by atoms with van der Waals surface area (Å²) in [6.07, 6.45) is 1.28. The highest BCUT2D eigenvalue weighted by Crippen LogP contribution is 2.07. The predicted octanol–water partition coefficient (Wildman–Crippen LogP) is 1.33. The molecule has 1 heterocycles. The van der Waals surface area contributed by atoms with E-state index in [2.05, 4.69) is 15.6 Å². The largest absolute Gasteiger partial charge is 0.477 e. The molecule has 7 nitrogen and oxygen atoms in total. The van der Waals surface area contributed by atoms with E-state index >= 15 is 0 Å². The van der Waals surface area contributed by atoms with Crippen molar-refractivity contribution in [1.29, 1.82) is 0 Å². The van der Waals surface area contributed by atoms with Crippen molar-refractivity contribution in [2.75, 3.05) is 19.0 Å². The molecule has 0 saturated carbocycles. The number of rotatable bonds is 5. The van der Waals surface area contributed by atoms with Crippen LogP contribution < -0.4 is 10.6 Å². The van der Waals surface area contributed by atoms with Crippen LogP contribution in [0.15, 0.2) is 18.3 Å². The Morgan fingerprint density at radius 2 is 2.11 bits per heavy atom. The third-order valence-corrected chi connectivity index (χ3v) is 2.20. The first-order chi connectivity index (χ1) is 8.84. The van der Waals surface area contributed by atoms with Gasteiger partial charge in [-0.2, -0.15) is 0 Å². The highest BCUT2D eigenvalue weighted by atomic mass is 16.5. The van der Waals surface area contributed by atoms with Gasteiger partial charge in [-0.25, -0.2) is 14.6 Å². The summed E-state index contributed by atoms with van der Waals surface area (Å²) in [4.78, 5) is 26.0. The molecule has 0 fully saturated rings. The average molecular weight is 267 g/mol. The number of carboxylic acids is 1. The topological polar surface area (TPSA) is 101 Å². The fourth-order valence-corrected chi connectivity index (χ4v) is 1.46. The molecule has 1 rings (SSSR count). The van der Waals surface area contributed by atoms with Gasteiger partial charge in [0, 0.05) is 7.11 Å². The lowest BCUT2D eigenvalue weighted by molar-refractivity contribution is 0.0690. The first-order valence-electron chi connectivity index (χ1n) is 5.61. The maximum atomic E-state index is 11.7. The molecular weight excluding hydrogens is 250 g/mol. The zero-order valence-corrected chi connectivity index (χ0v) is 11.1. The first-order valence-corrected chi connectivity index (χ1v) is 5.61. The van der Waals surface area contributed by atoms with Crippen LogP contribution in [0.2, 0.25) is 0 Å². The van der Waals surface area contributed by atoms with Crippen LogP contribution in [0.25, 0.3) is 0 Å². The van der Waals surface area contributed by atoms with Crippen LogP contribution in [0.5, 0.6) is 0 Å². The van der Waals surface area contributed by atoms with Gasteiger partial charge in [0.2, 0.25) is 0 Å². The van der Waals surface area contributed by atoms with E-state index in [0.29, 0.717) is 12.3 Å². The van der Waals surface area contributed by atoms with Gasteiger partial charge in [-0.05, 0) is 26.0 Å². The highest BCUT2D eigenvalue weighted by Gasteiger charge is 2.20. The number of nitrogens with zero attached hydrogens (tertiary/aromatic N) is 1. The van der Waals surface area contributed by atoms with E-state index in [4.69, 9.17) is 9.84 Å². The van der Waals surface area contributed by atoms with E-state index in [-0.39, 0.29) is 5.69 Å². The monoisotopic (exact) mass is 267 g/mol. The third-order valence-electron chi connectivity index (χ3n) is 2.20. The van der Waals surface area contributed by atoms with E-state index in [9.17, 15) is 9.59 Å². The molecule has 0 aliphatic heterocycles. The SMILES string of the molecule is COCC(C)(C)NC(=O)Nc1ccc(C(=O)O)nc1. The van der Waals surface area contributed by atoms with Gasteiger partial charge < -0.3 is 20.5 Å². The standard InChI is InChI=1S/C12H17N3O4/c1-12(2,7-19-3)15-11(18)14-8-4-5-9(10(16)17)13-6-8/h4-6H,7H2,1-3H3,(H,16,17)(H2,14,15,18). The zero-order valence-electron chi connectivity index (χ0n) is 11.1. The molecular formula is C12H17N3O4. The number of ether oxygens (including phenoxy) is 1.